The van der Waals surface area contributed by atoms with Crippen molar-refractivity contribution in [2.45, 2.75) is 39.7 Å². The minimum absolute atomic E-state index is 0.337. The number of thioether (sulfide) groups is 1. The van der Waals surface area contributed by atoms with Crippen LogP contribution in [0.5, 0.6) is 0 Å². The molecule has 0 aromatic carbocycles. The first-order chi connectivity index (χ1) is 9.61. The van der Waals surface area contributed by atoms with Crippen molar-refractivity contribution in [3.05, 3.63) is 0 Å². The van der Waals surface area contributed by atoms with Gasteiger partial charge in [0.2, 0.25) is 0 Å². The number of hydrogen-bond acceptors (Lipinski definition) is 4. The van der Waals surface area contributed by atoms with Gasteiger partial charge in [-0.05, 0) is 32.2 Å². The van der Waals surface area contributed by atoms with E-state index in [-0.39, 0.29) is 0 Å². The number of hydrogen-bond donors (Lipinski definition) is 1. The number of nitrogens with zero attached hydrogens (tertiary/aromatic N) is 1. The summed E-state index contributed by atoms with van der Waals surface area (Å²) >= 11 is 2.10. The van der Waals surface area contributed by atoms with Gasteiger partial charge in [0.05, 0.1) is 6.61 Å². The minimum Gasteiger partial charge on any atom is -0.381 e. The van der Waals surface area contributed by atoms with E-state index in [0.29, 0.717) is 5.41 Å². The third-order valence-corrected chi connectivity index (χ3v) is 5.69. The third-order valence-electron chi connectivity index (χ3n) is 4.50. The fourth-order valence-corrected chi connectivity index (χ4v) is 4.37. The molecule has 0 amide bonds. The highest BCUT2D eigenvalue weighted by molar-refractivity contribution is 7.99. The van der Waals surface area contributed by atoms with Crippen LogP contribution >= 0.6 is 11.8 Å². The summed E-state index contributed by atoms with van der Waals surface area (Å²) in [6.07, 6.45) is 2.54. The summed E-state index contributed by atoms with van der Waals surface area (Å²) in [5, 5.41) is 3.69. The first kappa shape index (κ1) is 16.6. The highest BCUT2D eigenvalue weighted by Gasteiger charge is 2.36. The molecule has 0 aliphatic carbocycles. The van der Waals surface area contributed by atoms with Gasteiger partial charge in [-0.3, -0.25) is 4.90 Å². The molecule has 2 aliphatic rings. The van der Waals surface area contributed by atoms with E-state index in [0.717, 1.165) is 38.3 Å². The third kappa shape index (κ3) is 4.90. The minimum atomic E-state index is 0.337. The van der Waals surface area contributed by atoms with Gasteiger partial charge in [-0.2, -0.15) is 11.8 Å². The molecule has 2 fully saturated rings. The van der Waals surface area contributed by atoms with Crippen LogP contribution in [0.2, 0.25) is 0 Å². The smallest absolute Gasteiger partial charge is 0.0546 e. The van der Waals surface area contributed by atoms with E-state index in [9.17, 15) is 0 Å². The van der Waals surface area contributed by atoms with Gasteiger partial charge in [0.1, 0.15) is 0 Å². The van der Waals surface area contributed by atoms with E-state index in [2.05, 4.69) is 42.7 Å². The highest BCUT2D eigenvalue weighted by Crippen LogP contribution is 2.31. The number of nitrogens with one attached hydrogen (secondary N) is 1. The molecule has 2 unspecified atom stereocenters. The van der Waals surface area contributed by atoms with Crippen LogP contribution < -0.4 is 5.32 Å². The lowest BCUT2D eigenvalue weighted by Gasteiger charge is -2.44. The van der Waals surface area contributed by atoms with E-state index in [1.807, 2.05) is 0 Å². The Kier molecular flexibility index (Phi) is 6.66. The summed E-state index contributed by atoms with van der Waals surface area (Å²) in [7, 11) is 0. The molecule has 0 bridgehead atoms. The van der Waals surface area contributed by atoms with E-state index >= 15 is 0 Å². The Balaban J connectivity index is 1.91. The fourth-order valence-electron chi connectivity index (χ4n) is 3.28. The van der Waals surface area contributed by atoms with Crippen molar-refractivity contribution in [3.8, 4) is 0 Å². The second-order valence-electron chi connectivity index (χ2n) is 7.08. The average molecular weight is 301 g/mol. The van der Waals surface area contributed by atoms with Crippen molar-refractivity contribution in [2.75, 3.05) is 50.9 Å². The molecule has 2 saturated heterocycles. The van der Waals surface area contributed by atoms with Gasteiger partial charge in [0.25, 0.3) is 0 Å². The maximum atomic E-state index is 5.85. The molecular formula is C16H32N2OS. The van der Waals surface area contributed by atoms with E-state index in [4.69, 9.17) is 4.74 Å². The van der Waals surface area contributed by atoms with Crippen molar-refractivity contribution in [1.29, 1.82) is 0 Å². The predicted octanol–water partition coefficient (Wildman–Crippen LogP) is 2.47. The second-order valence-corrected chi connectivity index (χ2v) is 8.23. The molecular weight excluding hydrogens is 268 g/mol. The fraction of sp³-hybridized carbons (Fsp3) is 1.00. The van der Waals surface area contributed by atoms with Gasteiger partial charge in [-0.1, -0.05) is 13.8 Å². The normalized spacial score (nSPS) is 32.7. The molecule has 2 atom stereocenters. The summed E-state index contributed by atoms with van der Waals surface area (Å²) < 4.78 is 5.85. The van der Waals surface area contributed by atoms with Crippen LogP contribution in [-0.4, -0.2) is 61.8 Å². The maximum Gasteiger partial charge on any atom is 0.0546 e. The summed E-state index contributed by atoms with van der Waals surface area (Å²) in [6, 6.07) is 0.720. The Morgan fingerprint density at radius 1 is 1.45 bits per heavy atom. The van der Waals surface area contributed by atoms with Crippen molar-refractivity contribution in [2.24, 2.45) is 11.3 Å². The van der Waals surface area contributed by atoms with Crippen molar-refractivity contribution >= 4 is 11.8 Å². The van der Waals surface area contributed by atoms with Crippen LogP contribution in [0, 0.1) is 11.3 Å². The number of ether oxygens (including phenoxy) is 1. The Labute approximate surface area is 129 Å². The first-order valence-electron chi connectivity index (χ1n) is 8.22. The zero-order valence-corrected chi connectivity index (χ0v) is 14.3. The van der Waals surface area contributed by atoms with Crippen LogP contribution in [0.25, 0.3) is 0 Å². The Morgan fingerprint density at radius 2 is 2.30 bits per heavy atom. The van der Waals surface area contributed by atoms with Crippen LogP contribution in [0.1, 0.15) is 33.6 Å². The van der Waals surface area contributed by atoms with Crippen LogP contribution in [0.3, 0.4) is 0 Å². The number of rotatable bonds is 6. The predicted molar refractivity (Wildman–Crippen MR) is 88.6 cm³/mol. The van der Waals surface area contributed by atoms with Crippen LogP contribution in [0.15, 0.2) is 0 Å². The average Bonchev–Trinajstić information content (AvgIpc) is 2.42. The van der Waals surface area contributed by atoms with E-state index in [1.165, 1.54) is 37.4 Å². The standard InChI is InChI=1S/C16H32N2OS/c1-14(2)9-17-11-16(5-4-7-19-13-16)12-18-6-8-20-10-15(18)3/h14-15,17H,4-13H2,1-3H3. The molecule has 20 heavy (non-hydrogen) atoms. The van der Waals surface area contributed by atoms with Gasteiger partial charge >= 0.3 is 0 Å². The molecule has 2 rings (SSSR count). The molecule has 2 aliphatic heterocycles. The lowest BCUT2D eigenvalue weighted by molar-refractivity contribution is -0.0302. The van der Waals surface area contributed by atoms with Crippen molar-refractivity contribution < 1.29 is 4.74 Å². The zero-order chi connectivity index (χ0) is 14.4. The molecule has 0 saturated carbocycles. The summed E-state index contributed by atoms with van der Waals surface area (Å²) in [6.45, 7) is 13.5. The maximum absolute atomic E-state index is 5.85. The lowest BCUT2D eigenvalue weighted by Crippen LogP contribution is -2.53. The van der Waals surface area contributed by atoms with E-state index < -0.39 is 0 Å². The Bertz CT molecular complexity index is 280. The summed E-state index contributed by atoms with van der Waals surface area (Å²) in [5.74, 6) is 3.30. The molecule has 0 radical (unpaired) electrons. The highest BCUT2D eigenvalue weighted by atomic mass is 32.2. The lowest BCUT2D eigenvalue weighted by atomic mass is 9.81. The molecule has 0 aromatic rings. The largest absolute Gasteiger partial charge is 0.381 e. The molecule has 1 N–H and O–H groups in total. The molecule has 2 heterocycles. The first-order valence-corrected chi connectivity index (χ1v) is 9.37. The molecule has 0 aromatic heterocycles. The van der Waals surface area contributed by atoms with Gasteiger partial charge in [0.15, 0.2) is 0 Å². The zero-order valence-electron chi connectivity index (χ0n) is 13.5. The quantitative estimate of drug-likeness (QED) is 0.814. The monoisotopic (exact) mass is 300 g/mol. The Hall–Kier alpha value is 0.230. The van der Waals surface area contributed by atoms with Crippen LogP contribution in [0.4, 0.5) is 0 Å². The van der Waals surface area contributed by atoms with Gasteiger partial charge in [-0.15, -0.1) is 0 Å². The topological polar surface area (TPSA) is 24.5 Å². The van der Waals surface area contributed by atoms with Crippen molar-refractivity contribution in [3.63, 3.8) is 0 Å². The summed E-state index contributed by atoms with van der Waals surface area (Å²) in [5.41, 5.74) is 0.337. The van der Waals surface area contributed by atoms with E-state index in [1.54, 1.807) is 0 Å². The molecule has 4 heteroatoms. The van der Waals surface area contributed by atoms with Gasteiger partial charge in [0, 0.05) is 49.2 Å². The second kappa shape index (κ2) is 8.02. The van der Waals surface area contributed by atoms with Crippen molar-refractivity contribution in [1.82, 2.24) is 10.2 Å². The summed E-state index contributed by atoms with van der Waals surface area (Å²) in [4.78, 5) is 2.70. The SMILES string of the molecule is CC(C)CNCC1(CN2CCSCC2C)CCCOC1. The van der Waals surface area contributed by atoms with Gasteiger partial charge in [-0.25, -0.2) is 0 Å². The van der Waals surface area contributed by atoms with Gasteiger partial charge < -0.3 is 10.1 Å². The molecule has 118 valence electrons. The van der Waals surface area contributed by atoms with Crippen LogP contribution in [-0.2, 0) is 4.74 Å². The Morgan fingerprint density at radius 3 is 2.95 bits per heavy atom. The molecule has 0 spiro atoms. The molecule has 3 nitrogen and oxygen atoms in total.